The molecule has 5 aromatic rings. The summed E-state index contributed by atoms with van der Waals surface area (Å²) in [7, 11) is 1.60. The van der Waals surface area contributed by atoms with Gasteiger partial charge in [-0.3, -0.25) is 9.78 Å². The van der Waals surface area contributed by atoms with Crippen molar-refractivity contribution in [2.75, 3.05) is 17.7 Å². The molecular weight excluding hydrogens is 540 g/mol. The maximum Gasteiger partial charge on any atom is 0.323 e. The number of fused-ring (bicyclic) bond motifs is 1. The Kier molecular flexibility index (Phi) is 8.61. The highest BCUT2D eigenvalue weighted by molar-refractivity contribution is 6.08. The number of methoxy groups -OCH3 is 1. The first-order valence-electron chi connectivity index (χ1n) is 14.5. The maximum absolute atomic E-state index is 14.1. The van der Waals surface area contributed by atoms with E-state index in [0.29, 0.717) is 30.1 Å². The van der Waals surface area contributed by atoms with Crippen LogP contribution in [0.2, 0.25) is 0 Å². The molecule has 0 atom stereocenters. The summed E-state index contributed by atoms with van der Waals surface area (Å²) < 4.78 is 9.18. The zero-order valence-electron chi connectivity index (χ0n) is 25.3. The highest BCUT2D eigenvalue weighted by Crippen LogP contribution is 2.36. The smallest absolute Gasteiger partial charge is 0.323 e. The van der Waals surface area contributed by atoms with Crippen molar-refractivity contribution in [3.8, 4) is 16.9 Å². The predicted molar refractivity (Wildman–Crippen MR) is 172 cm³/mol. The van der Waals surface area contributed by atoms with Crippen LogP contribution in [-0.2, 0) is 18.5 Å². The van der Waals surface area contributed by atoms with Gasteiger partial charge < -0.3 is 24.5 Å². The molecule has 2 aromatic carbocycles. The van der Waals surface area contributed by atoms with Crippen LogP contribution in [0, 0.1) is 0 Å². The Labute approximate surface area is 251 Å². The van der Waals surface area contributed by atoms with Crippen molar-refractivity contribution in [1.82, 2.24) is 19.1 Å². The topological polar surface area (TPSA) is 103 Å². The molecule has 43 heavy (non-hydrogen) atoms. The number of imidazole rings is 1. The zero-order valence-corrected chi connectivity index (χ0v) is 25.3. The van der Waals surface area contributed by atoms with Gasteiger partial charge in [-0.15, -0.1) is 0 Å². The lowest BCUT2D eigenvalue weighted by Gasteiger charge is -2.24. The van der Waals surface area contributed by atoms with Crippen molar-refractivity contribution in [2.24, 2.45) is 0 Å². The number of rotatable bonds is 9. The molecule has 2 amide bonds. The SMILES string of the molecule is CCCCn1c(=O)c(NC(=O)Nc2cc(Cn3ccnc3)ccc2C(C)(C)C)c(-c2cccc(OC)c2)c2cnccc21. The summed E-state index contributed by atoms with van der Waals surface area (Å²) in [5.74, 6) is 0.643. The minimum atomic E-state index is -0.503. The number of anilines is 2. The van der Waals surface area contributed by atoms with Crippen LogP contribution >= 0.6 is 0 Å². The quantitative estimate of drug-likeness (QED) is 0.195. The Hall–Kier alpha value is -4.92. The summed E-state index contributed by atoms with van der Waals surface area (Å²) in [5, 5.41) is 6.77. The zero-order chi connectivity index (χ0) is 30.6. The van der Waals surface area contributed by atoms with Crippen molar-refractivity contribution in [2.45, 2.75) is 59.0 Å². The van der Waals surface area contributed by atoms with E-state index >= 15 is 0 Å². The molecule has 0 fully saturated rings. The molecule has 0 aliphatic heterocycles. The van der Waals surface area contributed by atoms with E-state index in [1.807, 2.05) is 53.2 Å². The van der Waals surface area contributed by atoms with Gasteiger partial charge in [0.2, 0.25) is 0 Å². The van der Waals surface area contributed by atoms with E-state index < -0.39 is 6.03 Å². The molecule has 3 aromatic heterocycles. The molecule has 0 aliphatic rings. The number of unbranched alkanes of at least 4 members (excludes halogenated alkanes) is 1. The number of benzene rings is 2. The van der Waals surface area contributed by atoms with Crippen LogP contribution in [0.1, 0.15) is 51.7 Å². The number of aryl methyl sites for hydroxylation is 1. The molecule has 0 bridgehead atoms. The maximum atomic E-state index is 14.1. The van der Waals surface area contributed by atoms with Crippen LogP contribution in [0.5, 0.6) is 5.75 Å². The van der Waals surface area contributed by atoms with Gasteiger partial charge in [-0.2, -0.15) is 0 Å². The third-order valence-corrected chi connectivity index (χ3v) is 7.46. The van der Waals surface area contributed by atoms with Crippen LogP contribution < -0.4 is 20.9 Å². The number of amides is 2. The molecule has 0 saturated carbocycles. The van der Waals surface area contributed by atoms with E-state index in [0.717, 1.165) is 40.4 Å². The molecule has 9 heteroatoms. The van der Waals surface area contributed by atoms with Crippen LogP contribution in [0.4, 0.5) is 16.2 Å². The fraction of sp³-hybridized carbons (Fsp3) is 0.294. The minimum Gasteiger partial charge on any atom is -0.497 e. The lowest BCUT2D eigenvalue weighted by atomic mass is 9.85. The molecule has 9 nitrogen and oxygen atoms in total. The second-order valence-electron chi connectivity index (χ2n) is 11.6. The molecule has 3 heterocycles. The Morgan fingerprint density at radius 3 is 2.58 bits per heavy atom. The number of ether oxygens (including phenoxy) is 1. The van der Waals surface area contributed by atoms with E-state index in [-0.39, 0.29) is 16.7 Å². The number of urea groups is 1. The van der Waals surface area contributed by atoms with Crippen molar-refractivity contribution in [1.29, 1.82) is 0 Å². The highest BCUT2D eigenvalue weighted by atomic mass is 16.5. The number of carbonyl (C=O) groups is 1. The Bertz CT molecular complexity index is 1800. The molecule has 5 rings (SSSR count). The summed E-state index contributed by atoms with van der Waals surface area (Å²) in [6.45, 7) is 9.52. The Balaban J connectivity index is 1.60. The molecule has 2 N–H and O–H groups in total. The van der Waals surface area contributed by atoms with E-state index in [2.05, 4.69) is 54.4 Å². The summed E-state index contributed by atoms with van der Waals surface area (Å²) in [4.78, 5) is 36.4. The average Bonchev–Trinajstić information content (AvgIpc) is 3.50. The monoisotopic (exact) mass is 578 g/mol. The minimum absolute atomic E-state index is 0.189. The second kappa shape index (κ2) is 12.5. The molecular formula is C34H38N6O3. The van der Waals surface area contributed by atoms with Crippen LogP contribution in [0.15, 0.2) is 84.4 Å². The first kappa shape index (κ1) is 29.6. The third kappa shape index (κ3) is 6.45. The number of hydrogen-bond acceptors (Lipinski definition) is 5. The molecule has 0 radical (unpaired) electrons. The van der Waals surface area contributed by atoms with Gasteiger partial charge in [0.1, 0.15) is 11.4 Å². The van der Waals surface area contributed by atoms with Crippen molar-refractivity contribution in [3.05, 3.63) is 101 Å². The summed E-state index contributed by atoms with van der Waals surface area (Å²) in [6, 6.07) is 14.9. The first-order chi connectivity index (χ1) is 20.7. The lowest BCUT2D eigenvalue weighted by molar-refractivity contribution is 0.262. The van der Waals surface area contributed by atoms with Crippen LogP contribution in [0.25, 0.3) is 22.0 Å². The van der Waals surface area contributed by atoms with Gasteiger partial charge in [0, 0.05) is 54.5 Å². The van der Waals surface area contributed by atoms with Gasteiger partial charge in [0.15, 0.2) is 0 Å². The van der Waals surface area contributed by atoms with E-state index in [1.54, 1.807) is 36.6 Å². The fourth-order valence-electron chi connectivity index (χ4n) is 5.34. The normalized spacial score (nSPS) is 11.5. The fourth-order valence-corrected chi connectivity index (χ4v) is 5.34. The predicted octanol–water partition coefficient (Wildman–Crippen LogP) is 7.06. The Morgan fingerprint density at radius 2 is 1.86 bits per heavy atom. The van der Waals surface area contributed by atoms with Crippen molar-refractivity contribution < 1.29 is 9.53 Å². The largest absolute Gasteiger partial charge is 0.497 e. The van der Waals surface area contributed by atoms with Gasteiger partial charge in [-0.25, -0.2) is 9.78 Å². The first-order valence-corrected chi connectivity index (χ1v) is 14.5. The molecule has 222 valence electrons. The van der Waals surface area contributed by atoms with Gasteiger partial charge in [-0.05, 0) is 52.8 Å². The van der Waals surface area contributed by atoms with Gasteiger partial charge in [0.05, 0.1) is 19.0 Å². The number of aromatic nitrogens is 4. The number of nitrogens with zero attached hydrogens (tertiary/aromatic N) is 4. The van der Waals surface area contributed by atoms with Crippen LogP contribution in [0.3, 0.4) is 0 Å². The number of nitrogens with one attached hydrogen (secondary N) is 2. The Morgan fingerprint density at radius 1 is 1.02 bits per heavy atom. The van der Waals surface area contributed by atoms with Crippen molar-refractivity contribution in [3.63, 3.8) is 0 Å². The summed E-state index contributed by atoms with van der Waals surface area (Å²) in [5.41, 5.74) is 4.46. The third-order valence-electron chi connectivity index (χ3n) is 7.46. The molecule has 0 saturated heterocycles. The summed E-state index contributed by atoms with van der Waals surface area (Å²) >= 11 is 0. The number of hydrogen-bond donors (Lipinski definition) is 2. The highest BCUT2D eigenvalue weighted by Gasteiger charge is 2.23. The lowest BCUT2D eigenvalue weighted by Crippen LogP contribution is -2.30. The van der Waals surface area contributed by atoms with Crippen LogP contribution in [-0.4, -0.2) is 32.2 Å². The average molecular weight is 579 g/mol. The number of carbonyl (C=O) groups excluding carboxylic acids is 1. The van der Waals surface area contributed by atoms with E-state index in [1.165, 1.54) is 0 Å². The molecule has 0 unspecified atom stereocenters. The van der Waals surface area contributed by atoms with Crippen molar-refractivity contribution >= 4 is 28.3 Å². The van der Waals surface area contributed by atoms with E-state index in [4.69, 9.17) is 4.74 Å². The standard InChI is InChI=1S/C34H38N6O3/c1-6-7-16-40-29-13-14-35-20-26(29)30(24-9-8-10-25(19-24)43-5)31(32(40)41)38-33(42)37-28-18-23(21-39-17-15-36-22-39)11-12-27(28)34(2,3)4/h8-15,17-20,22H,6-7,16,21H2,1-5H3,(H2,37,38,42). The second-order valence-corrected chi connectivity index (χ2v) is 11.6. The molecule has 0 aliphatic carbocycles. The summed E-state index contributed by atoms with van der Waals surface area (Å²) in [6.07, 6.45) is 10.6. The van der Waals surface area contributed by atoms with Gasteiger partial charge in [-0.1, -0.05) is 58.4 Å². The number of pyridine rings is 2. The van der Waals surface area contributed by atoms with Gasteiger partial charge in [0.25, 0.3) is 5.56 Å². The van der Waals surface area contributed by atoms with Gasteiger partial charge >= 0.3 is 6.03 Å². The molecule has 0 spiro atoms. The van der Waals surface area contributed by atoms with E-state index in [9.17, 15) is 9.59 Å².